The van der Waals surface area contributed by atoms with Crippen molar-refractivity contribution in [2.45, 2.75) is 155 Å². The van der Waals surface area contributed by atoms with Crippen LogP contribution in [0, 0.1) is 24.2 Å². The van der Waals surface area contributed by atoms with E-state index in [-0.39, 0.29) is 10.8 Å². The first-order valence-electron chi connectivity index (χ1n) is 19.5. The molecule has 0 bridgehead atoms. The summed E-state index contributed by atoms with van der Waals surface area (Å²) < 4.78 is 0. The van der Waals surface area contributed by atoms with Gasteiger partial charge in [-0.05, 0) is 48.8 Å². The lowest BCUT2D eigenvalue weighted by Crippen LogP contribution is -2.47. The third-order valence-corrected chi connectivity index (χ3v) is 8.47. The summed E-state index contributed by atoms with van der Waals surface area (Å²) in [5, 5.41) is 0. The maximum absolute atomic E-state index is 4.80. The second-order valence-electron chi connectivity index (χ2n) is 13.4. The molecule has 1 heterocycles. The van der Waals surface area contributed by atoms with Crippen LogP contribution in [0.2, 0.25) is 0 Å². The molecule has 0 fully saturated rings. The van der Waals surface area contributed by atoms with Gasteiger partial charge in [0.2, 0.25) is 0 Å². The minimum Gasteiger partial charge on any atom is -0.370 e. The molecule has 2 aromatic rings. The Labute approximate surface area is 296 Å². The number of benzene rings is 2. The molecule has 4 rings (SSSR count). The predicted molar refractivity (Wildman–Crippen MR) is 218 cm³/mol. The second kappa shape index (κ2) is 25.5. The minimum atomic E-state index is 0.0235. The Hall–Kier alpha value is -2.54. The first kappa shape index (κ1) is 46.6. The van der Waals surface area contributed by atoms with Gasteiger partial charge in [0.05, 0.1) is 0 Å². The SMILES string of the molecule is C=C(N1CC=C2C(C)C(c3ccc(C)cc3)=CCC2(C)C1)C(CCC)(CCC)c1ccccc1.CC.CC.CC.CC(C)C.CCC. The summed E-state index contributed by atoms with van der Waals surface area (Å²) in [6.45, 7) is 41.3. The smallest absolute Gasteiger partial charge is 0.0360 e. The number of nitrogens with zero attached hydrogens (tertiary/aromatic N) is 1. The van der Waals surface area contributed by atoms with Gasteiger partial charge in [-0.3, -0.25) is 0 Å². The Balaban J connectivity index is 0. The molecule has 0 N–H and O–H groups in total. The lowest BCUT2D eigenvalue weighted by molar-refractivity contribution is 0.183. The van der Waals surface area contributed by atoms with Crippen LogP contribution >= 0.6 is 0 Å². The Morgan fingerprint density at radius 2 is 1.30 bits per heavy atom. The highest BCUT2D eigenvalue weighted by molar-refractivity contribution is 5.72. The maximum atomic E-state index is 4.80. The van der Waals surface area contributed by atoms with Crippen molar-refractivity contribution in [1.29, 1.82) is 0 Å². The van der Waals surface area contributed by atoms with Gasteiger partial charge in [0.25, 0.3) is 0 Å². The van der Waals surface area contributed by atoms with Gasteiger partial charge in [0.15, 0.2) is 0 Å². The fraction of sp³-hybridized carbons (Fsp3) is 0.609. The molecular formula is C46H79N. The lowest BCUT2D eigenvalue weighted by atomic mass is 9.64. The summed E-state index contributed by atoms with van der Waals surface area (Å²) >= 11 is 0. The van der Waals surface area contributed by atoms with E-state index < -0.39 is 0 Å². The van der Waals surface area contributed by atoms with Crippen LogP contribution in [0.4, 0.5) is 0 Å². The van der Waals surface area contributed by atoms with E-state index in [0.717, 1.165) is 38.3 Å². The molecule has 2 aromatic carbocycles. The van der Waals surface area contributed by atoms with Crippen molar-refractivity contribution in [3.05, 3.63) is 101 Å². The van der Waals surface area contributed by atoms with Crippen LogP contribution in [0.25, 0.3) is 5.57 Å². The first-order chi connectivity index (χ1) is 22.5. The summed E-state index contributed by atoms with van der Waals surface area (Å²) in [7, 11) is 0. The van der Waals surface area contributed by atoms with Gasteiger partial charge in [0, 0.05) is 35.5 Å². The number of hydrogen-bond acceptors (Lipinski definition) is 1. The largest absolute Gasteiger partial charge is 0.370 e. The standard InChI is InChI=1S/C33H43N.C4H10.C3H8.3C2H6/c1-7-20-33(21-8-2,29-12-10-9-11-13-29)27(5)34-23-19-31-26(4)30(18-22-32(31,6)24-34)28-16-14-25(3)15-17-28;1-4(2)3;1-3-2;3*1-2/h9-19,26H,5,7-8,20-24H2,1-4,6H3;4H,1-3H3;3H2,1-2H3;3*1-2H3. The van der Waals surface area contributed by atoms with Crippen LogP contribution in [0.15, 0.2) is 84.6 Å². The monoisotopic (exact) mass is 646 g/mol. The van der Waals surface area contributed by atoms with E-state index >= 15 is 0 Å². The fourth-order valence-electron chi connectivity index (χ4n) is 6.70. The van der Waals surface area contributed by atoms with Crippen molar-refractivity contribution < 1.29 is 0 Å². The molecule has 47 heavy (non-hydrogen) atoms. The third kappa shape index (κ3) is 13.8. The normalized spacial score (nSPS) is 17.9. The molecule has 0 saturated heterocycles. The quantitative estimate of drug-likeness (QED) is 0.258. The molecule has 0 amide bonds. The van der Waals surface area contributed by atoms with E-state index in [9.17, 15) is 0 Å². The van der Waals surface area contributed by atoms with Gasteiger partial charge in [-0.25, -0.2) is 0 Å². The van der Waals surface area contributed by atoms with Crippen LogP contribution in [0.5, 0.6) is 0 Å². The Morgan fingerprint density at radius 3 is 1.74 bits per heavy atom. The van der Waals surface area contributed by atoms with Gasteiger partial charge in [0.1, 0.15) is 0 Å². The number of allylic oxidation sites excluding steroid dienone is 3. The average molecular weight is 646 g/mol. The van der Waals surface area contributed by atoms with E-state index in [1.807, 2.05) is 41.5 Å². The van der Waals surface area contributed by atoms with Crippen molar-refractivity contribution in [3.8, 4) is 0 Å². The average Bonchev–Trinajstić information content (AvgIpc) is 3.08. The molecule has 2 atom stereocenters. The van der Waals surface area contributed by atoms with E-state index in [1.165, 1.54) is 47.2 Å². The number of fused-ring (bicyclic) bond motifs is 1. The van der Waals surface area contributed by atoms with E-state index in [0.29, 0.717) is 5.92 Å². The molecule has 268 valence electrons. The Kier molecular flexibility index (Phi) is 25.2. The second-order valence-corrected chi connectivity index (χ2v) is 13.4. The molecule has 0 saturated carbocycles. The topological polar surface area (TPSA) is 3.24 Å². The van der Waals surface area contributed by atoms with Crippen molar-refractivity contribution in [2.24, 2.45) is 17.3 Å². The molecule has 1 aliphatic carbocycles. The van der Waals surface area contributed by atoms with E-state index in [4.69, 9.17) is 6.58 Å². The van der Waals surface area contributed by atoms with E-state index in [1.54, 1.807) is 5.57 Å². The Morgan fingerprint density at radius 1 is 0.830 bits per heavy atom. The van der Waals surface area contributed by atoms with E-state index in [2.05, 4.69) is 141 Å². The zero-order valence-corrected chi connectivity index (χ0v) is 34.3. The lowest BCUT2D eigenvalue weighted by Gasteiger charge is -2.50. The molecular weight excluding hydrogens is 567 g/mol. The van der Waals surface area contributed by atoms with Crippen LogP contribution in [0.3, 0.4) is 0 Å². The van der Waals surface area contributed by atoms with Gasteiger partial charge < -0.3 is 4.90 Å². The summed E-state index contributed by atoms with van der Waals surface area (Å²) in [6.07, 6.45) is 12.0. The zero-order chi connectivity index (χ0) is 36.6. The zero-order valence-electron chi connectivity index (χ0n) is 34.3. The number of aryl methyl sites for hydroxylation is 1. The highest BCUT2D eigenvalue weighted by Crippen LogP contribution is 2.51. The molecule has 1 heteroatoms. The van der Waals surface area contributed by atoms with Crippen molar-refractivity contribution in [3.63, 3.8) is 0 Å². The number of hydrogen-bond donors (Lipinski definition) is 0. The Bertz CT molecular complexity index is 1110. The predicted octanol–water partition coefficient (Wildman–Crippen LogP) is 14.9. The molecule has 0 radical (unpaired) electrons. The highest BCUT2D eigenvalue weighted by Gasteiger charge is 2.43. The van der Waals surface area contributed by atoms with Crippen LogP contribution < -0.4 is 0 Å². The first-order valence-corrected chi connectivity index (χ1v) is 19.5. The number of rotatable bonds is 8. The summed E-state index contributed by atoms with van der Waals surface area (Å²) in [4.78, 5) is 2.61. The van der Waals surface area contributed by atoms with Gasteiger partial charge in [-0.1, -0.05) is 208 Å². The van der Waals surface area contributed by atoms with Crippen molar-refractivity contribution in [1.82, 2.24) is 4.90 Å². The van der Waals surface area contributed by atoms with Crippen LogP contribution in [-0.2, 0) is 5.41 Å². The fourth-order valence-corrected chi connectivity index (χ4v) is 6.70. The molecule has 0 spiro atoms. The van der Waals surface area contributed by atoms with Crippen molar-refractivity contribution in [2.75, 3.05) is 13.1 Å². The molecule has 1 nitrogen and oxygen atoms in total. The summed E-state index contributed by atoms with van der Waals surface area (Å²) in [5.41, 5.74) is 8.75. The minimum absolute atomic E-state index is 0.0235. The highest BCUT2D eigenvalue weighted by atomic mass is 15.2. The molecule has 2 aliphatic rings. The van der Waals surface area contributed by atoms with Gasteiger partial charge in [-0.2, -0.15) is 0 Å². The summed E-state index contributed by atoms with van der Waals surface area (Å²) in [5.74, 6) is 1.29. The van der Waals surface area contributed by atoms with Crippen molar-refractivity contribution >= 4 is 5.57 Å². The molecule has 1 aliphatic heterocycles. The molecule has 2 unspecified atom stereocenters. The summed E-state index contributed by atoms with van der Waals surface area (Å²) in [6, 6.07) is 20.2. The van der Waals surface area contributed by atoms with Gasteiger partial charge >= 0.3 is 0 Å². The van der Waals surface area contributed by atoms with Crippen LogP contribution in [-0.4, -0.2) is 18.0 Å². The maximum Gasteiger partial charge on any atom is 0.0360 e. The van der Waals surface area contributed by atoms with Gasteiger partial charge in [-0.15, -0.1) is 0 Å². The van der Waals surface area contributed by atoms with Crippen LogP contribution in [0.1, 0.15) is 159 Å². The third-order valence-electron chi connectivity index (χ3n) is 8.47. The molecule has 0 aromatic heterocycles.